The summed E-state index contributed by atoms with van der Waals surface area (Å²) in [7, 11) is 0. The Kier molecular flexibility index (Phi) is 6.77. The number of carbonyl (C=O) groups excluding carboxylic acids is 2. The maximum atomic E-state index is 14.1. The lowest BCUT2D eigenvalue weighted by molar-refractivity contribution is -0.145. The van der Waals surface area contributed by atoms with E-state index < -0.39 is 11.5 Å². The first-order valence-electron chi connectivity index (χ1n) is 12.2. The lowest BCUT2D eigenvalue weighted by atomic mass is 9.63. The van der Waals surface area contributed by atoms with Gasteiger partial charge in [-0.3, -0.25) is 4.79 Å². The fourth-order valence-electron chi connectivity index (χ4n) is 6.44. The molecular formula is C25H38N4O3. The SMILES string of the molecule is CC(C)C1CCC(C2c3cc(OC(N)=O)ccc3C3(CCNCC3)C(=O)N2CCN)CC1. The van der Waals surface area contributed by atoms with Crippen LogP contribution in [0.25, 0.3) is 0 Å². The molecule has 1 atom stereocenters. The van der Waals surface area contributed by atoms with Crippen LogP contribution in [0.1, 0.15) is 69.5 Å². The number of nitrogens with zero attached hydrogens (tertiary/aromatic N) is 1. The third-order valence-corrected chi connectivity index (χ3v) is 8.11. The minimum atomic E-state index is -0.818. The third kappa shape index (κ3) is 4.13. The molecule has 7 heteroatoms. The summed E-state index contributed by atoms with van der Waals surface area (Å²) in [5, 5.41) is 3.40. The zero-order chi connectivity index (χ0) is 22.9. The zero-order valence-electron chi connectivity index (χ0n) is 19.4. The van der Waals surface area contributed by atoms with E-state index in [9.17, 15) is 9.59 Å². The molecule has 0 aromatic heterocycles. The van der Waals surface area contributed by atoms with Crippen LogP contribution < -0.4 is 21.5 Å². The molecule has 2 fully saturated rings. The summed E-state index contributed by atoms with van der Waals surface area (Å²) >= 11 is 0. The molecule has 2 heterocycles. The van der Waals surface area contributed by atoms with E-state index in [2.05, 4.69) is 24.1 Å². The van der Waals surface area contributed by atoms with E-state index in [1.54, 1.807) is 6.07 Å². The molecule has 1 saturated heterocycles. The number of amides is 2. The van der Waals surface area contributed by atoms with Gasteiger partial charge in [0.1, 0.15) is 5.75 Å². The Balaban J connectivity index is 1.79. The van der Waals surface area contributed by atoms with Gasteiger partial charge in [0.25, 0.3) is 0 Å². The second-order valence-corrected chi connectivity index (χ2v) is 10.2. The quantitative estimate of drug-likeness (QED) is 0.649. The Morgan fingerprint density at radius 2 is 1.91 bits per heavy atom. The van der Waals surface area contributed by atoms with Crippen LogP contribution in [0.2, 0.25) is 0 Å². The van der Waals surface area contributed by atoms with Crippen molar-refractivity contribution in [3.63, 3.8) is 0 Å². The fraction of sp³-hybridized carbons (Fsp3) is 0.680. The predicted molar refractivity (Wildman–Crippen MR) is 124 cm³/mol. The summed E-state index contributed by atoms with van der Waals surface area (Å²) in [6.07, 6.45) is 5.27. The van der Waals surface area contributed by atoms with E-state index in [0.717, 1.165) is 55.8 Å². The second kappa shape index (κ2) is 9.40. The highest BCUT2D eigenvalue weighted by atomic mass is 16.5. The highest BCUT2D eigenvalue weighted by molar-refractivity contribution is 5.91. The largest absolute Gasteiger partial charge is 0.410 e. The molecule has 2 amide bonds. The highest BCUT2D eigenvalue weighted by Crippen LogP contribution is 2.51. The molecule has 5 N–H and O–H groups in total. The lowest BCUT2D eigenvalue weighted by Gasteiger charge is -2.52. The van der Waals surface area contributed by atoms with Crippen molar-refractivity contribution in [2.75, 3.05) is 26.2 Å². The molecule has 3 aliphatic rings. The van der Waals surface area contributed by atoms with E-state index in [-0.39, 0.29) is 11.9 Å². The Bertz CT molecular complexity index is 842. The fourth-order valence-corrected chi connectivity index (χ4v) is 6.44. The van der Waals surface area contributed by atoms with Gasteiger partial charge in [0, 0.05) is 13.1 Å². The standard InChI is InChI=1S/C25H38N4O3/c1-16(2)17-3-5-18(6-4-17)22-20-15-19(32-24(27)31)7-8-21(20)25(9-12-28-13-10-25)23(30)29(22)14-11-26/h7-8,15-18,22,28H,3-6,9-14,26H2,1-2H3,(H2,27,31). The number of rotatable bonds is 5. The summed E-state index contributed by atoms with van der Waals surface area (Å²) in [5.41, 5.74) is 13.0. The van der Waals surface area contributed by atoms with E-state index >= 15 is 0 Å². The number of hydrogen-bond acceptors (Lipinski definition) is 5. The van der Waals surface area contributed by atoms with Gasteiger partial charge in [-0.2, -0.15) is 0 Å². The van der Waals surface area contributed by atoms with Gasteiger partial charge in [0.2, 0.25) is 5.91 Å². The first-order chi connectivity index (χ1) is 15.4. The van der Waals surface area contributed by atoms with E-state index in [1.807, 2.05) is 12.1 Å². The van der Waals surface area contributed by atoms with Crippen molar-refractivity contribution >= 4 is 12.0 Å². The van der Waals surface area contributed by atoms with Gasteiger partial charge >= 0.3 is 6.09 Å². The van der Waals surface area contributed by atoms with Gasteiger partial charge in [-0.25, -0.2) is 4.79 Å². The van der Waals surface area contributed by atoms with Crippen LogP contribution in [0.4, 0.5) is 4.79 Å². The molecule has 1 unspecified atom stereocenters. The summed E-state index contributed by atoms with van der Waals surface area (Å²) in [6.45, 7) is 7.21. The number of ether oxygens (including phenoxy) is 1. The number of fused-ring (bicyclic) bond motifs is 2. The van der Waals surface area contributed by atoms with Gasteiger partial charge in [0.15, 0.2) is 0 Å². The van der Waals surface area contributed by atoms with Crippen LogP contribution >= 0.6 is 0 Å². The number of hydrogen-bond donors (Lipinski definition) is 3. The van der Waals surface area contributed by atoms with Crippen LogP contribution in [0.15, 0.2) is 18.2 Å². The van der Waals surface area contributed by atoms with Crippen molar-refractivity contribution in [2.45, 2.75) is 63.8 Å². The number of nitrogens with two attached hydrogens (primary N) is 2. The summed E-state index contributed by atoms with van der Waals surface area (Å²) in [6, 6.07) is 5.71. The van der Waals surface area contributed by atoms with Gasteiger partial charge in [-0.05, 0) is 92.6 Å². The number of piperidine rings is 1. The minimum absolute atomic E-state index is 0.0360. The molecule has 176 valence electrons. The predicted octanol–water partition coefficient (Wildman–Crippen LogP) is 3.07. The molecule has 1 aromatic carbocycles. The van der Waals surface area contributed by atoms with Crippen LogP contribution in [0.3, 0.4) is 0 Å². The Morgan fingerprint density at radius 3 is 2.50 bits per heavy atom. The molecule has 1 aromatic rings. The van der Waals surface area contributed by atoms with Crippen LogP contribution in [-0.4, -0.2) is 43.1 Å². The third-order valence-electron chi connectivity index (χ3n) is 8.11. The van der Waals surface area contributed by atoms with Crippen LogP contribution in [0.5, 0.6) is 5.75 Å². The molecule has 1 saturated carbocycles. The van der Waals surface area contributed by atoms with Crippen molar-refractivity contribution in [3.05, 3.63) is 29.3 Å². The molecule has 1 aliphatic carbocycles. The molecule has 0 bridgehead atoms. The smallest absolute Gasteiger partial charge is 0.409 e. The van der Waals surface area contributed by atoms with Gasteiger partial charge in [-0.1, -0.05) is 19.9 Å². The average molecular weight is 443 g/mol. The second-order valence-electron chi connectivity index (χ2n) is 10.2. The molecule has 7 nitrogen and oxygen atoms in total. The minimum Gasteiger partial charge on any atom is -0.410 e. The van der Waals surface area contributed by atoms with Gasteiger partial charge in [0.05, 0.1) is 11.5 Å². The topological polar surface area (TPSA) is 111 Å². The number of carbonyl (C=O) groups is 2. The number of benzene rings is 1. The Morgan fingerprint density at radius 1 is 1.22 bits per heavy atom. The van der Waals surface area contributed by atoms with Crippen LogP contribution in [0, 0.1) is 17.8 Å². The van der Waals surface area contributed by atoms with Gasteiger partial charge in [-0.15, -0.1) is 0 Å². The first-order valence-corrected chi connectivity index (χ1v) is 12.2. The number of nitrogens with one attached hydrogen (secondary N) is 1. The van der Waals surface area contributed by atoms with Crippen molar-refractivity contribution < 1.29 is 14.3 Å². The summed E-state index contributed by atoms with van der Waals surface area (Å²) < 4.78 is 5.26. The summed E-state index contributed by atoms with van der Waals surface area (Å²) in [4.78, 5) is 27.6. The Hall–Kier alpha value is -2.12. The van der Waals surface area contributed by atoms with E-state index in [1.165, 1.54) is 12.8 Å². The summed E-state index contributed by atoms with van der Waals surface area (Å²) in [5.74, 6) is 2.47. The lowest BCUT2D eigenvalue weighted by Crippen LogP contribution is -2.58. The average Bonchev–Trinajstić information content (AvgIpc) is 2.78. The van der Waals surface area contributed by atoms with Crippen molar-refractivity contribution in [2.24, 2.45) is 29.2 Å². The van der Waals surface area contributed by atoms with Crippen molar-refractivity contribution in [1.82, 2.24) is 10.2 Å². The van der Waals surface area contributed by atoms with Crippen LogP contribution in [-0.2, 0) is 10.2 Å². The zero-order valence-corrected chi connectivity index (χ0v) is 19.4. The number of primary amides is 1. The van der Waals surface area contributed by atoms with Crippen molar-refractivity contribution in [3.8, 4) is 5.75 Å². The van der Waals surface area contributed by atoms with E-state index in [4.69, 9.17) is 16.2 Å². The molecular weight excluding hydrogens is 404 g/mol. The van der Waals surface area contributed by atoms with Gasteiger partial charge < -0.3 is 26.4 Å². The molecule has 2 aliphatic heterocycles. The monoisotopic (exact) mass is 442 g/mol. The maximum absolute atomic E-state index is 14.1. The molecule has 0 radical (unpaired) electrons. The van der Waals surface area contributed by atoms with E-state index in [0.29, 0.717) is 30.7 Å². The molecule has 1 spiro atoms. The molecule has 32 heavy (non-hydrogen) atoms. The first kappa shape index (κ1) is 23.1. The Labute approximate surface area is 191 Å². The normalized spacial score (nSPS) is 27.4. The maximum Gasteiger partial charge on any atom is 0.409 e. The highest BCUT2D eigenvalue weighted by Gasteiger charge is 2.52. The molecule has 4 rings (SSSR count). The van der Waals surface area contributed by atoms with Crippen molar-refractivity contribution in [1.29, 1.82) is 0 Å².